The number of nitrogens with zero attached hydrogens (tertiary/aromatic N) is 1. The smallest absolute Gasteiger partial charge is 0.203 e. The highest BCUT2D eigenvalue weighted by Crippen LogP contribution is 2.38. The largest absolute Gasteiger partial charge is 0.506 e. The lowest BCUT2D eigenvalue weighted by atomic mass is 10.1. The Morgan fingerprint density at radius 3 is 2.20 bits per heavy atom. The molecule has 0 spiro atoms. The predicted octanol–water partition coefficient (Wildman–Crippen LogP) is 3.62. The summed E-state index contributed by atoms with van der Waals surface area (Å²) in [5.41, 5.74) is 3.42. The van der Waals surface area contributed by atoms with Crippen LogP contribution in [0.2, 0.25) is 0 Å². The van der Waals surface area contributed by atoms with Crippen molar-refractivity contribution in [1.82, 2.24) is 9.97 Å². The highest BCUT2D eigenvalue weighted by Gasteiger charge is 2.15. The quantitative estimate of drug-likeness (QED) is 0.723. The highest BCUT2D eigenvalue weighted by molar-refractivity contribution is 5.85. The first-order valence-electron chi connectivity index (χ1n) is 7.53. The van der Waals surface area contributed by atoms with Gasteiger partial charge in [-0.2, -0.15) is 0 Å². The molecule has 25 heavy (non-hydrogen) atoms. The van der Waals surface area contributed by atoms with E-state index >= 15 is 0 Å². The van der Waals surface area contributed by atoms with Crippen molar-refractivity contribution in [2.45, 2.75) is 13.3 Å². The van der Waals surface area contributed by atoms with Crippen LogP contribution in [0.25, 0.3) is 11.0 Å². The fourth-order valence-corrected chi connectivity index (χ4v) is 2.77. The molecule has 0 aliphatic rings. The number of phenolic OH excluding ortho intramolecular Hbond substituents is 1. The van der Waals surface area contributed by atoms with Crippen LogP contribution in [-0.2, 0) is 6.42 Å². The zero-order valence-corrected chi connectivity index (χ0v) is 15.4. The first kappa shape index (κ1) is 18.7. The van der Waals surface area contributed by atoms with Gasteiger partial charge in [0, 0.05) is 6.42 Å². The Bertz CT molecular complexity index is 828. The minimum Gasteiger partial charge on any atom is -0.506 e. The number of aryl methyl sites for hydroxylation is 1. The molecule has 0 fully saturated rings. The van der Waals surface area contributed by atoms with E-state index in [-0.39, 0.29) is 18.2 Å². The van der Waals surface area contributed by atoms with Crippen molar-refractivity contribution < 1.29 is 19.3 Å². The number of hydrogen-bond donors (Lipinski definition) is 2. The summed E-state index contributed by atoms with van der Waals surface area (Å²) < 4.78 is 16.1. The van der Waals surface area contributed by atoms with Crippen LogP contribution < -0.4 is 14.2 Å². The van der Waals surface area contributed by atoms with Crippen LogP contribution in [0.3, 0.4) is 0 Å². The Hall–Kier alpha value is -2.60. The molecule has 0 atom stereocenters. The first-order valence-corrected chi connectivity index (χ1v) is 7.53. The highest BCUT2D eigenvalue weighted by atomic mass is 35.5. The molecule has 0 amide bonds. The summed E-state index contributed by atoms with van der Waals surface area (Å²) in [6.07, 6.45) is 0.546. The van der Waals surface area contributed by atoms with E-state index in [1.165, 1.54) is 0 Å². The molecule has 3 aromatic rings. The molecule has 1 aromatic heterocycles. The van der Waals surface area contributed by atoms with Gasteiger partial charge in [-0.15, -0.1) is 12.4 Å². The zero-order chi connectivity index (χ0) is 17.3. The van der Waals surface area contributed by atoms with Gasteiger partial charge in [-0.25, -0.2) is 4.98 Å². The lowest BCUT2D eigenvalue weighted by Gasteiger charge is -2.13. The predicted molar refractivity (Wildman–Crippen MR) is 98.6 cm³/mol. The zero-order valence-electron chi connectivity index (χ0n) is 14.5. The average Bonchev–Trinajstić information content (AvgIpc) is 3.02. The molecule has 7 heteroatoms. The van der Waals surface area contributed by atoms with E-state index in [4.69, 9.17) is 14.2 Å². The minimum absolute atomic E-state index is 0. The Labute approximate surface area is 152 Å². The lowest BCUT2D eigenvalue weighted by molar-refractivity contribution is 0.324. The molecular formula is C18H21ClN2O4. The van der Waals surface area contributed by atoms with Crippen molar-refractivity contribution in [2.75, 3.05) is 21.3 Å². The topological polar surface area (TPSA) is 76.6 Å². The summed E-state index contributed by atoms with van der Waals surface area (Å²) in [6, 6.07) is 7.29. The molecule has 0 unspecified atom stereocenters. The number of ether oxygens (including phenoxy) is 3. The van der Waals surface area contributed by atoms with E-state index in [0.29, 0.717) is 29.2 Å². The fraction of sp³-hybridized carbons (Fsp3) is 0.278. The lowest BCUT2D eigenvalue weighted by Crippen LogP contribution is -1.98. The number of aromatic hydroxyl groups is 1. The maximum atomic E-state index is 9.97. The Kier molecular flexibility index (Phi) is 5.64. The number of rotatable bonds is 5. The summed E-state index contributed by atoms with van der Waals surface area (Å²) in [4.78, 5) is 7.78. The summed E-state index contributed by atoms with van der Waals surface area (Å²) in [7, 11) is 4.75. The molecule has 0 saturated heterocycles. The van der Waals surface area contributed by atoms with Crippen LogP contribution in [0.15, 0.2) is 24.3 Å². The molecule has 6 nitrogen and oxygen atoms in total. The number of hydrogen-bond acceptors (Lipinski definition) is 5. The van der Waals surface area contributed by atoms with E-state index in [1.54, 1.807) is 27.4 Å². The van der Waals surface area contributed by atoms with E-state index < -0.39 is 0 Å². The number of H-pyrrole nitrogens is 1. The van der Waals surface area contributed by atoms with E-state index in [9.17, 15) is 5.11 Å². The van der Waals surface area contributed by atoms with Gasteiger partial charge < -0.3 is 24.3 Å². The second-order valence-corrected chi connectivity index (χ2v) is 5.52. The molecule has 2 aromatic carbocycles. The standard InChI is InChI=1S/C18H20N2O4.ClH/c1-10-5-6-12(21)17-16(10)19-15(20-17)9-11-7-13(22-2)18(24-4)14(8-11)23-3;/h5-8,21H,9H2,1-4H3,(H,19,20);1H. The molecule has 0 bridgehead atoms. The molecular weight excluding hydrogens is 344 g/mol. The minimum atomic E-state index is 0. The number of aromatic amines is 1. The van der Waals surface area contributed by atoms with Crippen LogP contribution in [0.1, 0.15) is 17.0 Å². The molecule has 1 heterocycles. The first-order chi connectivity index (χ1) is 11.6. The molecule has 0 saturated carbocycles. The second-order valence-electron chi connectivity index (χ2n) is 5.52. The molecule has 2 N–H and O–H groups in total. The van der Waals surface area contributed by atoms with Gasteiger partial charge in [0.05, 0.1) is 26.8 Å². The van der Waals surface area contributed by atoms with E-state index in [1.807, 2.05) is 25.1 Å². The number of fused-ring (bicyclic) bond motifs is 1. The number of benzene rings is 2. The Morgan fingerprint density at radius 2 is 1.68 bits per heavy atom. The normalized spacial score (nSPS) is 10.4. The van der Waals surface area contributed by atoms with Crippen LogP contribution in [0.4, 0.5) is 0 Å². The van der Waals surface area contributed by atoms with Crippen molar-refractivity contribution in [3.8, 4) is 23.0 Å². The number of aromatic nitrogens is 2. The van der Waals surface area contributed by atoms with Gasteiger partial charge in [-0.1, -0.05) is 6.07 Å². The van der Waals surface area contributed by atoms with Crippen LogP contribution in [0.5, 0.6) is 23.0 Å². The molecule has 0 aliphatic carbocycles. The van der Waals surface area contributed by atoms with Gasteiger partial charge in [0.2, 0.25) is 5.75 Å². The number of imidazole rings is 1. The van der Waals surface area contributed by atoms with Crippen molar-refractivity contribution >= 4 is 23.4 Å². The van der Waals surface area contributed by atoms with Gasteiger partial charge in [0.25, 0.3) is 0 Å². The molecule has 0 radical (unpaired) electrons. The third kappa shape index (κ3) is 3.44. The SMILES string of the molecule is COc1cc(Cc2nc3c(O)ccc(C)c3[nH]2)cc(OC)c1OC.Cl. The molecule has 134 valence electrons. The van der Waals surface area contributed by atoms with Crippen molar-refractivity contribution in [3.05, 3.63) is 41.2 Å². The maximum absolute atomic E-state index is 9.97. The van der Waals surface area contributed by atoms with Crippen molar-refractivity contribution in [1.29, 1.82) is 0 Å². The van der Waals surface area contributed by atoms with Gasteiger partial charge in [0.1, 0.15) is 17.1 Å². The number of nitrogens with one attached hydrogen (secondary N) is 1. The van der Waals surface area contributed by atoms with Gasteiger partial charge in [-0.05, 0) is 36.2 Å². The molecule has 3 rings (SSSR count). The van der Waals surface area contributed by atoms with Crippen LogP contribution >= 0.6 is 12.4 Å². The van der Waals surface area contributed by atoms with Gasteiger partial charge >= 0.3 is 0 Å². The van der Waals surface area contributed by atoms with Crippen LogP contribution in [-0.4, -0.2) is 36.4 Å². The number of methoxy groups -OCH3 is 3. The third-order valence-electron chi connectivity index (χ3n) is 3.98. The second kappa shape index (κ2) is 7.53. The Morgan fingerprint density at radius 1 is 1.04 bits per heavy atom. The van der Waals surface area contributed by atoms with E-state index in [2.05, 4.69) is 9.97 Å². The maximum Gasteiger partial charge on any atom is 0.203 e. The monoisotopic (exact) mass is 364 g/mol. The van der Waals surface area contributed by atoms with Crippen molar-refractivity contribution in [3.63, 3.8) is 0 Å². The van der Waals surface area contributed by atoms with E-state index in [0.717, 1.165) is 22.5 Å². The van der Waals surface area contributed by atoms with Gasteiger partial charge in [0.15, 0.2) is 11.5 Å². The summed E-state index contributed by atoms with van der Waals surface area (Å²) in [6.45, 7) is 1.98. The molecule has 0 aliphatic heterocycles. The van der Waals surface area contributed by atoms with Gasteiger partial charge in [-0.3, -0.25) is 0 Å². The summed E-state index contributed by atoms with van der Waals surface area (Å²) in [5.74, 6) is 2.68. The Balaban J connectivity index is 0.00000225. The third-order valence-corrected chi connectivity index (χ3v) is 3.98. The average molecular weight is 365 g/mol. The summed E-state index contributed by atoms with van der Waals surface area (Å²) >= 11 is 0. The number of phenols is 1. The summed E-state index contributed by atoms with van der Waals surface area (Å²) in [5, 5.41) is 9.97. The number of halogens is 1. The van der Waals surface area contributed by atoms with Crippen LogP contribution in [0, 0.1) is 6.92 Å². The van der Waals surface area contributed by atoms with Crippen molar-refractivity contribution in [2.24, 2.45) is 0 Å². The fourth-order valence-electron chi connectivity index (χ4n) is 2.77.